The lowest BCUT2D eigenvalue weighted by Crippen LogP contribution is -2.38. The van der Waals surface area contributed by atoms with E-state index < -0.39 is 0 Å². The number of amides is 1. The second-order valence-corrected chi connectivity index (χ2v) is 3.46. The molecule has 2 N–H and O–H groups in total. The Labute approximate surface area is 67.5 Å². The molecule has 2 atom stereocenters. The lowest BCUT2D eigenvalue weighted by Gasteiger charge is -2.18. The molecule has 1 saturated carbocycles. The molecule has 11 heavy (non-hydrogen) atoms. The van der Waals surface area contributed by atoms with Gasteiger partial charge in [-0.3, -0.25) is 9.80 Å². The quantitative estimate of drug-likeness (QED) is 0.346. The number of carbonyl (C=O) groups excluding carboxylic acids is 1. The van der Waals surface area contributed by atoms with Gasteiger partial charge in [-0.25, -0.2) is 5.84 Å². The van der Waals surface area contributed by atoms with Gasteiger partial charge in [-0.2, -0.15) is 0 Å². The minimum Gasteiger partial charge on any atom is -0.284 e. The minimum absolute atomic E-state index is 0.0926. The third-order valence-electron chi connectivity index (χ3n) is 2.53. The zero-order valence-corrected chi connectivity index (χ0v) is 7.21. The van der Waals surface area contributed by atoms with Crippen LogP contribution in [0, 0.1) is 11.8 Å². The maximum absolute atomic E-state index is 11.4. The fourth-order valence-corrected chi connectivity index (χ4v) is 1.77. The molecule has 0 aromatic rings. The summed E-state index contributed by atoms with van der Waals surface area (Å²) in [6.45, 7) is 2.12. The molecule has 1 fully saturated rings. The summed E-state index contributed by atoms with van der Waals surface area (Å²) in [4.78, 5) is 11.4. The molecule has 1 rings (SSSR count). The summed E-state index contributed by atoms with van der Waals surface area (Å²) in [6, 6.07) is 0. The molecule has 0 aromatic heterocycles. The van der Waals surface area contributed by atoms with E-state index in [9.17, 15) is 4.79 Å². The van der Waals surface area contributed by atoms with Crippen LogP contribution < -0.4 is 5.84 Å². The predicted molar refractivity (Wildman–Crippen MR) is 43.5 cm³/mol. The molecule has 0 radical (unpaired) electrons. The number of nitrogens with two attached hydrogens (primary N) is 1. The molecular weight excluding hydrogens is 140 g/mol. The first-order valence-electron chi connectivity index (χ1n) is 4.15. The second kappa shape index (κ2) is 3.22. The first kappa shape index (κ1) is 8.53. The lowest BCUT2D eigenvalue weighted by molar-refractivity contribution is -0.135. The van der Waals surface area contributed by atoms with Gasteiger partial charge in [0.05, 0.1) is 0 Å². The Hall–Kier alpha value is -0.570. The van der Waals surface area contributed by atoms with Crippen molar-refractivity contribution in [1.29, 1.82) is 0 Å². The van der Waals surface area contributed by atoms with E-state index in [0.29, 0.717) is 5.92 Å². The molecule has 1 amide bonds. The Morgan fingerprint density at radius 1 is 1.55 bits per heavy atom. The average Bonchev–Trinajstić information content (AvgIpc) is 2.33. The molecule has 64 valence electrons. The fraction of sp³-hybridized carbons (Fsp3) is 0.875. The van der Waals surface area contributed by atoms with E-state index in [4.69, 9.17) is 5.84 Å². The van der Waals surface area contributed by atoms with Crippen LogP contribution in [0.1, 0.15) is 26.2 Å². The molecule has 0 bridgehead atoms. The van der Waals surface area contributed by atoms with Gasteiger partial charge in [-0.15, -0.1) is 0 Å². The fourth-order valence-electron chi connectivity index (χ4n) is 1.77. The normalized spacial score (nSPS) is 30.5. The van der Waals surface area contributed by atoms with E-state index in [1.54, 1.807) is 7.05 Å². The van der Waals surface area contributed by atoms with E-state index in [1.807, 2.05) is 0 Å². The highest BCUT2D eigenvalue weighted by Crippen LogP contribution is 2.31. The summed E-state index contributed by atoms with van der Waals surface area (Å²) >= 11 is 0. The number of hydrazine groups is 1. The van der Waals surface area contributed by atoms with Crippen LogP contribution in [0.4, 0.5) is 0 Å². The molecule has 0 aliphatic heterocycles. The average molecular weight is 156 g/mol. The Balaban J connectivity index is 2.53. The zero-order valence-electron chi connectivity index (χ0n) is 7.21. The molecule has 0 heterocycles. The van der Waals surface area contributed by atoms with Gasteiger partial charge in [-0.1, -0.05) is 13.3 Å². The van der Waals surface area contributed by atoms with Crippen LogP contribution in [0.25, 0.3) is 0 Å². The summed E-state index contributed by atoms with van der Waals surface area (Å²) in [5.41, 5.74) is 0. The summed E-state index contributed by atoms with van der Waals surface area (Å²) in [5, 5.41) is 1.21. The summed E-state index contributed by atoms with van der Waals surface area (Å²) in [7, 11) is 1.62. The van der Waals surface area contributed by atoms with E-state index in [2.05, 4.69) is 6.92 Å². The summed E-state index contributed by atoms with van der Waals surface area (Å²) in [5.74, 6) is 6.16. The zero-order chi connectivity index (χ0) is 8.43. The van der Waals surface area contributed by atoms with Gasteiger partial charge in [-0.05, 0) is 18.8 Å². The van der Waals surface area contributed by atoms with Gasteiger partial charge < -0.3 is 0 Å². The molecular formula is C8H16N2O. The minimum atomic E-state index is 0.0926. The maximum atomic E-state index is 11.4. The molecule has 0 spiro atoms. The molecule has 3 heteroatoms. The maximum Gasteiger partial charge on any atom is 0.239 e. The van der Waals surface area contributed by atoms with Crippen molar-refractivity contribution in [3.8, 4) is 0 Å². The highest BCUT2D eigenvalue weighted by Gasteiger charge is 2.30. The number of hydrogen-bond donors (Lipinski definition) is 1. The molecule has 3 nitrogen and oxygen atoms in total. The molecule has 2 unspecified atom stereocenters. The highest BCUT2D eigenvalue weighted by molar-refractivity contribution is 5.78. The number of rotatable bonds is 1. The smallest absolute Gasteiger partial charge is 0.239 e. The van der Waals surface area contributed by atoms with E-state index in [-0.39, 0.29) is 11.8 Å². The molecule has 1 aliphatic rings. The third kappa shape index (κ3) is 1.71. The number of hydrogen-bond acceptors (Lipinski definition) is 2. The van der Waals surface area contributed by atoms with E-state index in [0.717, 1.165) is 6.42 Å². The van der Waals surface area contributed by atoms with Crippen LogP contribution in [0.5, 0.6) is 0 Å². The topological polar surface area (TPSA) is 46.3 Å². The van der Waals surface area contributed by atoms with Crippen molar-refractivity contribution < 1.29 is 4.79 Å². The van der Waals surface area contributed by atoms with Crippen molar-refractivity contribution in [3.63, 3.8) is 0 Å². The van der Waals surface area contributed by atoms with Crippen LogP contribution in [0.15, 0.2) is 0 Å². The summed E-state index contributed by atoms with van der Waals surface area (Å²) < 4.78 is 0. The van der Waals surface area contributed by atoms with Crippen LogP contribution in [0.2, 0.25) is 0 Å². The van der Waals surface area contributed by atoms with Gasteiger partial charge in [0.25, 0.3) is 0 Å². The van der Waals surface area contributed by atoms with Crippen molar-refractivity contribution >= 4 is 5.91 Å². The van der Waals surface area contributed by atoms with Gasteiger partial charge in [0.1, 0.15) is 0 Å². The van der Waals surface area contributed by atoms with Crippen LogP contribution in [-0.4, -0.2) is 18.0 Å². The Kier molecular flexibility index (Phi) is 2.49. The van der Waals surface area contributed by atoms with Crippen molar-refractivity contribution in [3.05, 3.63) is 0 Å². The first-order valence-corrected chi connectivity index (χ1v) is 4.15. The largest absolute Gasteiger partial charge is 0.284 e. The van der Waals surface area contributed by atoms with Crippen molar-refractivity contribution in [2.75, 3.05) is 7.05 Å². The third-order valence-corrected chi connectivity index (χ3v) is 2.53. The SMILES string of the molecule is CC1CCCC1C(=O)N(C)N. The Morgan fingerprint density at radius 2 is 2.18 bits per heavy atom. The standard InChI is InChI=1S/C8H16N2O/c1-6-4-3-5-7(6)8(11)10(2)9/h6-7H,3-5,9H2,1-2H3. The van der Waals surface area contributed by atoms with Gasteiger partial charge in [0.15, 0.2) is 0 Å². The van der Waals surface area contributed by atoms with Crippen molar-refractivity contribution in [2.45, 2.75) is 26.2 Å². The molecule has 0 saturated heterocycles. The highest BCUT2D eigenvalue weighted by atomic mass is 16.2. The van der Waals surface area contributed by atoms with Crippen molar-refractivity contribution in [2.24, 2.45) is 17.7 Å². The number of nitrogens with zero attached hydrogens (tertiary/aromatic N) is 1. The first-order chi connectivity index (χ1) is 5.13. The lowest BCUT2D eigenvalue weighted by atomic mass is 9.97. The van der Waals surface area contributed by atoms with Crippen molar-refractivity contribution in [1.82, 2.24) is 5.01 Å². The Bertz CT molecular complexity index is 156. The Morgan fingerprint density at radius 3 is 2.55 bits per heavy atom. The molecule has 1 aliphatic carbocycles. The van der Waals surface area contributed by atoms with E-state index >= 15 is 0 Å². The molecule has 0 aromatic carbocycles. The second-order valence-electron chi connectivity index (χ2n) is 3.46. The summed E-state index contributed by atoms with van der Waals surface area (Å²) in [6.07, 6.45) is 3.36. The number of carbonyl (C=O) groups is 1. The van der Waals surface area contributed by atoms with Crippen LogP contribution in [-0.2, 0) is 4.79 Å². The van der Waals surface area contributed by atoms with Crippen LogP contribution >= 0.6 is 0 Å². The predicted octanol–water partition coefficient (Wildman–Crippen LogP) is 0.755. The van der Waals surface area contributed by atoms with E-state index in [1.165, 1.54) is 17.9 Å². The van der Waals surface area contributed by atoms with Gasteiger partial charge in [0, 0.05) is 13.0 Å². The van der Waals surface area contributed by atoms with Gasteiger partial charge in [0.2, 0.25) is 5.91 Å². The monoisotopic (exact) mass is 156 g/mol. The van der Waals surface area contributed by atoms with Crippen LogP contribution in [0.3, 0.4) is 0 Å². The van der Waals surface area contributed by atoms with Gasteiger partial charge >= 0.3 is 0 Å².